The highest BCUT2D eigenvalue weighted by Crippen LogP contribution is 2.10. The van der Waals surface area contributed by atoms with E-state index in [2.05, 4.69) is 36.6 Å². The van der Waals surface area contributed by atoms with E-state index in [4.69, 9.17) is 4.74 Å². The average molecular weight is 457 g/mol. The van der Waals surface area contributed by atoms with Gasteiger partial charge in [0.05, 0.1) is 11.8 Å². The first-order valence-electron chi connectivity index (χ1n) is 11.2. The Kier molecular flexibility index (Phi) is 11.9. The van der Waals surface area contributed by atoms with E-state index in [1.165, 1.54) is 5.56 Å². The van der Waals surface area contributed by atoms with Gasteiger partial charge in [-0.05, 0) is 42.6 Å². The minimum Gasteiger partial charge on any atom is -0.445 e. The quantitative estimate of drug-likeness (QED) is 0.425. The second-order valence-corrected chi connectivity index (χ2v) is 9.28. The molecule has 2 N–H and O–H groups in total. The highest BCUT2D eigenvalue weighted by molar-refractivity contribution is 7.99. The van der Waals surface area contributed by atoms with Crippen LogP contribution in [0.15, 0.2) is 60.7 Å². The molecule has 2 rings (SSSR count). The molecular formula is C26H36N2O3S. The predicted octanol–water partition coefficient (Wildman–Crippen LogP) is 4.85. The van der Waals surface area contributed by atoms with Crippen LogP contribution in [0.1, 0.15) is 37.8 Å². The largest absolute Gasteiger partial charge is 0.445 e. The minimum absolute atomic E-state index is 0.112. The van der Waals surface area contributed by atoms with Gasteiger partial charge in [0.2, 0.25) is 0 Å². The third-order valence-electron chi connectivity index (χ3n) is 5.14. The van der Waals surface area contributed by atoms with Crippen molar-refractivity contribution in [1.29, 1.82) is 0 Å². The monoisotopic (exact) mass is 456 g/mol. The van der Waals surface area contributed by atoms with Gasteiger partial charge in [0.1, 0.15) is 6.61 Å². The lowest BCUT2D eigenvalue weighted by molar-refractivity contribution is -0.118. The Hall–Kier alpha value is -2.31. The van der Waals surface area contributed by atoms with Crippen molar-refractivity contribution < 1.29 is 14.3 Å². The summed E-state index contributed by atoms with van der Waals surface area (Å²) in [5.74, 6) is 1.08. The second kappa shape index (κ2) is 14.7. The number of hydrogen-bond acceptors (Lipinski definition) is 5. The Bertz CT molecular complexity index is 799. The van der Waals surface area contributed by atoms with Crippen LogP contribution in [0, 0.1) is 5.92 Å². The molecule has 2 aromatic carbocycles. The van der Waals surface area contributed by atoms with Crippen LogP contribution in [0.25, 0.3) is 0 Å². The van der Waals surface area contributed by atoms with E-state index < -0.39 is 6.09 Å². The van der Waals surface area contributed by atoms with Gasteiger partial charge in [-0.15, -0.1) is 0 Å². The number of alkyl carbamates (subject to hydrolysis) is 1. The summed E-state index contributed by atoms with van der Waals surface area (Å²) in [6, 6.07) is 19.5. The van der Waals surface area contributed by atoms with Crippen LogP contribution < -0.4 is 10.6 Å². The molecule has 0 heterocycles. The number of thioether (sulfide) groups is 1. The van der Waals surface area contributed by atoms with E-state index in [1.54, 1.807) is 11.8 Å². The third-order valence-corrected chi connectivity index (χ3v) is 5.71. The second-order valence-electron chi connectivity index (χ2n) is 8.42. The van der Waals surface area contributed by atoms with Gasteiger partial charge in [-0.25, -0.2) is 4.79 Å². The third kappa shape index (κ3) is 10.3. The van der Waals surface area contributed by atoms with Gasteiger partial charge in [-0.3, -0.25) is 4.79 Å². The van der Waals surface area contributed by atoms with Crippen LogP contribution in [-0.4, -0.2) is 42.5 Å². The zero-order valence-electron chi connectivity index (χ0n) is 19.4. The number of rotatable bonds is 14. The molecule has 0 aromatic heterocycles. The van der Waals surface area contributed by atoms with Crippen molar-refractivity contribution in [1.82, 2.24) is 10.6 Å². The molecule has 0 aliphatic rings. The van der Waals surface area contributed by atoms with Crippen LogP contribution in [-0.2, 0) is 22.6 Å². The summed E-state index contributed by atoms with van der Waals surface area (Å²) in [6.07, 6.45) is 3.88. The molecule has 0 saturated heterocycles. The van der Waals surface area contributed by atoms with E-state index in [-0.39, 0.29) is 24.5 Å². The van der Waals surface area contributed by atoms with Crippen LogP contribution in [0.5, 0.6) is 0 Å². The molecule has 0 saturated carbocycles. The first-order chi connectivity index (χ1) is 15.5. The summed E-state index contributed by atoms with van der Waals surface area (Å²) in [6.45, 7) is 5.00. The number of benzene rings is 2. The van der Waals surface area contributed by atoms with E-state index in [0.29, 0.717) is 18.2 Å². The summed E-state index contributed by atoms with van der Waals surface area (Å²) < 4.78 is 5.39. The number of carbonyl (C=O) groups excluding carboxylic acids is 2. The van der Waals surface area contributed by atoms with E-state index in [9.17, 15) is 9.59 Å². The molecule has 0 aliphatic carbocycles. The minimum atomic E-state index is -0.433. The highest BCUT2D eigenvalue weighted by Gasteiger charge is 2.21. The molecule has 0 bridgehead atoms. The maximum absolute atomic E-state index is 12.7. The normalized spacial score (nSPS) is 12.9. The van der Waals surface area contributed by atoms with Crippen molar-refractivity contribution >= 4 is 23.6 Å². The van der Waals surface area contributed by atoms with Gasteiger partial charge in [0.15, 0.2) is 5.78 Å². The lowest BCUT2D eigenvalue weighted by atomic mass is 10.0. The predicted molar refractivity (Wildman–Crippen MR) is 133 cm³/mol. The topological polar surface area (TPSA) is 67.4 Å². The van der Waals surface area contributed by atoms with Crippen molar-refractivity contribution in [2.75, 3.05) is 18.6 Å². The summed E-state index contributed by atoms with van der Waals surface area (Å²) >= 11 is 1.54. The highest BCUT2D eigenvalue weighted by atomic mass is 32.2. The SMILES string of the molecule is CSCC(=O)C(CCc1ccccc1)NCC(CC(C)C)NC(=O)OCc1ccccc1. The van der Waals surface area contributed by atoms with Crippen molar-refractivity contribution in [3.05, 3.63) is 71.8 Å². The van der Waals surface area contributed by atoms with Crippen LogP contribution in [0.4, 0.5) is 4.79 Å². The fourth-order valence-corrected chi connectivity index (χ4v) is 4.04. The van der Waals surface area contributed by atoms with Gasteiger partial charge >= 0.3 is 6.09 Å². The van der Waals surface area contributed by atoms with E-state index in [0.717, 1.165) is 24.8 Å². The van der Waals surface area contributed by atoms with Crippen LogP contribution in [0.3, 0.4) is 0 Å². The maximum atomic E-state index is 12.7. The van der Waals surface area contributed by atoms with Gasteiger partial charge < -0.3 is 15.4 Å². The molecule has 32 heavy (non-hydrogen) atoms. The molecule has 0 radical (unpaired) electrons. The van der Waals surface area contributed by atoms with Crippen molar-refractivity contribution in [3.8, 4) is 0 Å². The number of amides is 1. The first-order valence-corrected chi connectivity index (χ1v) is 12.6. The lowest BCUT2D eigenvalue weighted by Crippen LogP contribution is -2.48. The van der Waals surface area contributed by atoms with Crippen molar-refractivity contribution in [2.45, 2.75) is 51.8 Å². The smallest absolute Gasteiger partial charge is 0.407 e. The molecule has 5 nitrogen and oxygen atoms in total. The zero-order valence-corrected chi connectivity index (χ0v) is 20.2. The number of Topliss-reactive ketones (excluding diaryl/α,β-unsaturated/α-hetero) is 1. The Morgan fingerprint density at radius 2 is 1.59 bits per heavy atom. The van der Waals surface area contributed by atoms with E-state index in [1.807, 2.05) is 54.8 Å². The van der Waals surface area contributed by atoms with E-state index >= 15 is 0 Å². The van der Waals surface area contributed by atoms with Crippen molar-refractivity contribution in [3.63, 3.8) is 0 Å². The number of hydrogen-bond donors (Lipinski definition) is 2. The Labute approximate surface area is 196 Å². The van der Waals surface area contributed by atoms with Crippen molar-refractivity contribution in [2.24, 2.45) is 5.92 Å². The summed E-state index contributed by atoms with van der Waals surface area (Å²) in [5.41, 5.74) is 2.17. The fourth-order valence-electron chi connectivity index (χ4n) is 3.55. The number of nitrogens with one attached hydrogen (secondary N) is 2. The molecule has 2 aromatic rings. The lowest BCUT2D eigenvalue weighted by Gasteiger charge is -2.24. The van der Waals surface area contributed by atoms with Gasteiger partial charge in [-0.1, -0.05) is 74.5 Å². The molecular weight excluding hydrogens is 420 g/mol. The van der Waals surface area contributed by atoms with Gasteiger partial charge in [0, 0.05) is 12.6 Å². The Morgan fingerprint density at radius 1 is 0.969 bits per heavy atom. The number of ketones is 1. The average Bonchev–Trinajstić information content (AvgIpc) is 2.78. The molecule has 174 valence electrons. The summed E-state index contributed by atoms with van der Waals surface area (Å²) in [4.78, 5) is 25.1. The molecule has 6 heteroatoms. The number of carbonyl (C=O) groups is 2. The summed E-state index contributed by atoms with van der Waals surface area (Å²) in [5, 5.41) is 6.40. The molecule has 1 amide bonds. The Morgan fingerprint density at radius 3 is 2.19 bits per heavy atom. The summed E-state index contributed by atoms with van der Waals surface area (Å²) in [7, 11) is 0. The molecule has 0 aliphatic heterocycles. The number of aryl methyl sites for hydroxylation is 1. The first kappa shape index (κ1) is 25.9. The number of ether oxygens (including phenoxy) is 1. The Balaban J connectivity index is 1.91. The zero-order chi connectivity index (χ0) is 23.2. The maximum Gasteiger partial charge on any atom is 0.407 e. The van der Waals surface area contributed by atoms with Crippen LogP contribution >= 0.6 is 11.8 Å². The fraction of sp³-hybridized carbons (Fsp3) is 0.462. The molecule has 0 spiro atoms. The molecule has 0 fully saturated rings. The standard InChI is InChI=1S/C26H36N2O3S/c1-20(2)16-23(28-26(30)31-18-22-12-8-5-9-13-22)17-27-24(25(29)19-32-3)15-14-21-10-6-4-7-11-21/h4-13,20,23-24,27H,14-19H2,1-3H3,(H,28,30). The van der Waals surface area contributed by atoms with Crippen LogP contribution in [0.2, 0.25) is 0 Å². The molecule has 2 atom stereocenters. The molecule has 2 unspecified atom stereocenters. The van der Waals surface area contributed by atoms with Gasteiger partial charge in [-0.2, -0.15) is 11.8 Å². The van der Waals surface area contributed by atoms with Gasteiger partial charge in [0.25, 0.3) is 0 Å².